The molecule has 0 fully saturated rings. The molecule has 3 N–H and O–H groups in total. The van der Waals surface area contributed by atoms with Crippen LogP contribution in [0.25, 0.3) is 0 Å². The number of halogens is 1. The third-order valence-corrected chi connectivity index (χ3v) is 1.72. The number of hydrogen-bond acceptors (Lipinski definition) is 3. The largest absolute Gasteiger partial charge is 0.383 e. The highest BCUT2D eigenvalue weighted by Gasteiger charge is 2.02. The summed E-state index contributed by atoms with van der Waals surface area (Å²) in [6.45, 7) is 1.68. The highest BCUT2D eigenvalue weighted by molar-refractivity contribution is 9.10. The summed E-state index contributed by atoms with van der Waals surface area (Å²) in [5.41, 5.74) is 6.62. The third kappa shape index (κ3) is 1.77. The van der Waals surface area contributed by atoms with Gasteiger partial charge in [0.15, 0.2) is 0 Å². The molecule has 1 heterocycles. The van der Waals surface area contributed by atoms with Gasteiger partial charge in [-0.1, -0.05) is 0 Å². The molecule has 0 saturated carbocycles. The molecule has 0 atom stereocenters. The van der Waals surface area contributed by atoms with Crippen molar-refractivity contribution in [2.24, 2.45) is 0 Å². The van der Waals surface area contributed by atoms with E-state index in [1.165, 1.54) is 0 Å². The fraction of sp³-hybridized carbons (Fsp3) is 0.143. The van der Waals surface area contributed by atoms with E-state index >= 15 is 0 Å². The normalized spacial score (nSPS) is 9.64. The number of nitrogens with zero attached hydrogens (tertiary/aromatic N) is 1. The molecule has 0 aliphatic rings. The number of pyridine rings is 1. The molecular formula is C7H8BrN3. The van der Waals surface area contributed by atoms with Crippen LogP contribution in [-0.4, -0.2) is 10.7 Å². The van der Waals surface area contributed by atoms with Crippen LogP contribution in [0.2, 0.25) is 0 Å². The van der Waals surface area contributed by atoms with E-state index in [9.17, 15) is 0 Å². The maximum atomic E-state index is 7.33. The first-order valence-corrected chi connectivity index (χ1v) is 3.87. The van der Waals surface area contributed by atoms with Crippen molar-refractivity contribution in [2.45, 2.75) is 6.92 Å². The Morgan fingerprint density at radius 2 is 2.36 bits per heavy atom. The van der Waals surface area contributed by atoms with Crippen LogP contribution in [-0.2, 0) is 0 Å². The Hall–Kier alpha value is -0.900. The van der Waals surface area contributed by atoms with E-state index < -0.39 is 0 Å². The summed E-state index contributed by atoms with van der Waals surface area (Å²) in [5, 5.41) is 7.33. The summed E-state index contributed by atoms with van der Waals surface area (Å²) < 4.78 is 0.841. The minimum Gasteiger partial charge on any atom is -0.383 e. The first kappa shape index (κ1) is 8.20. The van der Waals surface area contributed by atoms with E-state index in [-0.39, 0.29) is 0 Å². The predicted molar refractivity (Wildman–Crippen MR) is 48.9 cm³/mol. The first-order valence-electron chi connectivity index (χ1n) is 3.08. The SMILES string of the molecule is CC(=N)c1cc(Br)cnc1N. The Labute approximate surface area is 73.3 Å². The molecule has 58 valence electrons. The second-order valence-corrected chi connectivity index (χ2v) is 3.13. The zero-order valence-corrected chi connectivity index (χ0v) is 7.64. The van der Waals surface area contributed by atoms with Gasteiger partial charge in [0.05, 0.1) is 0 Å². The highest BCUT2D eigenvalue weighted by Crippen LogP contribution is 2.15. The molecule has 0 aromatic carbocycles. The van der Waals surface area contributed by atoms with Gasteiger partial charge < -0.3 is 11.1 Å². The van der Waals surface area contributed by atoms with Gasteiger partial charge in [-0.2, -0.15) is 0 Å². The van der Waals surface area contributed by atoms with E-state index in [4.69, 9.17) is 11.1 Å². The van der Waals surface area contributed by atoms with Gasteiger partial charge in [0.25, 0.3) is 0 Å². The molecule has 1 aromatic heterocycles. The van der Waals surface area contributed by atoms with Crippen molar-refractivity contribution in [3.05, 3.63) is 22.3 Å². The van der Waals surface area contributed by atoms with Crippen LogP contribution in [0.1, 0.15) is 12.5 Å². The standard InChI is InChI=1S/C7H8BrN3/c1-4(9)6-2-5(8)3-11-7(6)10/h2-3,9H,1H3,(H2,10,11). The van der Waals surface area contributed by atoms with Crippen LogP contribution in [0, 0.1) is 5.41 Å². The van der Waals surface area contributed by atoms with Crippen LogP contribution >= 0.6 is 15.9 Å². The van der Waals surface area contributed by atoms with E-state index in [1.807, 2.05) is 0 Å². The number of hydrogen-bond donors (Lipinski definition) is 2. The summed E-state index contributed by atoms with van der Waals surface area (Å²) in [7, 11) is 0. The van der Waals surface area contributed by atoms with Crippen LogP contribution < -0.4 is 5.73 Å². The van der Waals surface area contributed by atoms with Crippen LogP contribution in [0.4, 0.5) is 5.82 Å². The Balaban J connectivity index is 3.23. The van der Waals surface area contributed by atoms with Gasteiger partial charge in [-0.05, 0) is 28.9 Å². The number of nitrogens with one attached hydrogen (secondary N) is 1. The molecule has 0 amide bonds. The van der Waals surface area contributed by atoms with Crippen LogP contribution in [0.5, 0.6) is 0 Å². The van der Waals surface area contributed by atoms with E-state index in [2.05, 4.69) is 20.9 Å². The molecule has 1 rings (SSSR count). The van der Waals surface area contributed by atoms with Gasteiger partial charge >= 0.3 is 0 Å². The smallest absolute Gasteiger partial charge is 0.132 e. The summed E-state index contributed by atoms with van der Waals surface area (Å²) >= 11 is 3.25. The Morgan fingerprint density at radius 1 is 1.73 bits per heavy atom. The number of aromatic nitrogens is 1. The van der Waals surface area contributed by atoms with Gasteiger partial charge in [-0.3, -0.25) is 0 Å². The Kier molecular flexibility index (Phi) is 2.24. The topological polar surface area (TPSA) is 62.8 Å². The number of nitrogen functional groups attached to an aromatic ring is 1. The van der Waals surface area contributed by atoms with Crippen LogP contribution in [0.3, 0.4) is 0 Å². The molecule has 0 saturated heterocycles. The molecule has 0 aliphatic carbocycles. The Bertz CT molecular complexity index is 296. The fourth-order valence-corrected chi connectivity index (χ4v) is 1.08. The average Bonchev–Trinajstić information content (AvgIpc) is 1.94. The van der Waals surface area contributed by atoms with Crippen molar-refractivity contribution in [2.75, 3.05) is 5.73 Å². The second kappa shape index (κ2) is 3.00. The lowest BCUT2D eigenvalue weighted by molar-refractivity contribution is 1.29. The lowest BCUT2D eigenvalue weighted by Gasteiger charge is -2.01. The van der Waals surface area contributed by atoms with Gasteiger partial charge in [0.2, 0.25) is 0 Å². The highest BCUT2D eigenvalue weighted by atomic mass is 79.9. The van der Waals surface area contributed by atoms with Gasteiger partial charge in [0, 0.05) is 21.9 Å². The lowest BCUT2D eigenvalue weighted by Crippen LogP contribution is -2.01. The maximum Gasteiger partial charge on any atom is 0.132 e. The van der Waals surface area contributed by atoms with Crippen molar-refractivity contribution >= 4 is 27.5 Å². The molecule has 0 spiro atoms. The zero-order chi connectivity index (χ0) is 8.43. The minimum atomic E-state index is 0.403. The maximum absolute atomic E-state index is 7.33. The molecule has 1 aromatic rings. The fourth-order valence-electron chi connectivity index (χ4n) is 0.750. The van der Waals surface area contributed by atoms with E-state index in [1.54, 1.807) is 19.2 Å². The quantitative estimate of drug-likeness (QED) is 0.700. The number of nitrogens with two attached hydrogens (primary N) is 1. The molecule has 0 unspecified atom stereocenters. The van der Waals surface area contributed by atoms with Crippen molar-refractivity contribution in [3.63, 3.8) is 0 Å². The lowest BCUT2D eigenvalue weighted by atomic mass is 10.2. The molecule has 3 nitrogen and oxygen atoms in total. The second-order valence-electron chi connectivity index (χ2n) is 2.21. The van der Waals surface area contributed by atoms with E-state index in [0.717, 1.165) is 4.47 Å². The zero-order valence-electron chi connectivity index (χ0n) is 6.06. The summed E-state index contributed by atoms with van der Waals surface area (Å²) in [6.07, 6.45) is 1.61. The molecule has 0 aliphatic heterocycles. The van der Waals surface area contributed by atoms with E-state index in [0.29, 0.717) is 17.1 Å². The van der Waals surface area contributed by atoms with Gasteiger partial charge in [0.1, 0.15) is 5.82 Å². The van der Waals surface area contributed by atoms with Gasteiger partial charge in [-0.25, -0.2) is 4.98 Å². The monoisotopic (exact) mass is 213 g/mol. The molecule has 0 bridgehead atoms. The number of anilines is 1. The summed E-state index contributed by atoms with van der Waals surface area (Å²) in [5.74, 6) is 0.403. The number of rotatable bonds is 1. The van der Waals surface area contributed by atoms with Crippen molar-refractivity contribution in [1.82, 2.24) is 4.98 Å². The Morgan fingerprint density at radius 3 is 2.82 bits per heavy atom. The molecule has 11 heavy (non-hydrogen) atoms. The van der Waals surface area contributed by atoms with Crippen molar-refractivity contribution in [3.8, 4) is 0 Å². The minimum absolute atomic E-state index is 0.403. The first-order chi connectivity index (χ1) is 5.11. The van der Waals surface area contributed by atoms with Crippen molar-refractivity contribution < 1.29 is 0 Å². The van der Waals surface area contributed by atoms with Crippen molar-refractivity contribution in [1.29, 1.82) is 5.41 Å². The summed E-state index contributed by atoms with van der Waals surface area (Å²) in [6, 6.07) is 1.78. The molecular weight excluding hydrogens is 206 g/mol. The predicted octanol–water partition coefficient (Wildman–Crippen LogP) is 1.81. The van der Waals surface area contributed by atoms with Crippen LogP contribution in [0.15, 0.2) is 16.7 Å². The molecule has 4 heteroatoms. The summed E-state index contributed by atoms with van der Waals surface area (Å²) in [4.78, 5) is 3.89. The van der Waals surface area contributed by atoms with Gasteiger partial charge in [-0.15, -0.1) is 0 Å². The average molecular weight is 214 g/mol. The third-order valence-electron chi connectivity index (χ3n) is 1.29. The molecule has 0 radical (unpaired) electrons.